The lowest BCUT2D eigenvalue weighted by Crippen LogP contribution is -1.97. The molecule has 2 N–H and O–H groups in total. The minimum Gasteiger partial charge on any atom is -0.478 e. The Kier molecular flexibility index (Phi) is 2.07. The molecular formula is C10H8BrNO2. The van der Waals surface area contributed by atoms with Gasteiger partial charge in [0.05, 0.1) is 11.1 Å². The summed E-state index contributed by atoms with van der Waals surface area (Å²) in [6, 6.07) is 5.26. The Morgan fingerprint density at radius 1 is 1.50 bits per heavy atom. The second-order valence-electron chi connectivity index (χ2n) is 3.14. The van der Waals surface area contributed by atoms with E-state index in [1.807, 2.05) is 13.0 Å². The van der Waals surface area contributed by atoms with E-state index in [0.717, 1.165) is 15.6 Å². The Labute approximate surface area is 88.9 Å². The third-order valence-corrected chi connectivity index (χ3v) is 2.80. The number of hydrogen-bond donors (Lipinski definition) is 2. The summed E-state index contributed by atoms with van der Waals surface area (Å²) in [5.74, 6) is -0.913. The highest BCUT2D eigenvalue weighted by Crippen LogP contribution is 2.27. The zero-order chi connectivity index (χ0) is 10.3. The molecule has 1 aromatic carbocycles. The van der Waals surface area contributed by atoms with Gasteiger partial charge in [0.15, 0.2) is 0 Å². The maximum atomic E-state index is 10.9. The molecule has 4 heteroatoms. The topological polar surface area (TPSA) is 53.1 Å². The number of aromatic carboxylic acids is 1. The largest absolute Gasteiger partial charge is 0.478 e. The molecule has 3 nitrogen and oxygen atoms in total. The van der Waals surface area contributed by atoms with Crippen LogP contribution in [0, 0.1) is 6.92 Å². The van der Waals surface area contributed by atoms with E-state index < -0.39 is 5.97 Å². The molecule has 0 aliphatic carbocycles. The highest BCUT2D eigenvalue weighted by molar-refractivity contribution is 9.10. The molecule has 2 aromatic rings. The monoisotopic (exact) mass is 253 g/mol. The fraction of sp³-hybridized carbons (Fsp3) is 0.100. The second kappa shape index (κ2) is 3.13. The van der Waals surface area contributed by atoms with Gasteiger partial charge in [0, 0.05) is 15.6 Å². The standard InChI is InChI=1S/C10H8BrNO2/c1-5-4-7-8(11)3-2-6(10(13)14)9(7)12-5/h2-4,12H,1H3,(H,13,14). The summed E-state index contributed by atoms with van der Waals surface area (Å²) < 4.78 is 0.904. The molecule has 1 aromatic heterocycles. The third-order valence-electron chi connectivity index (χ3n) is 2.11. The van der Waals surface area contributed by atoms with Gasteiger partial charge in [-0.15, -0.1) is 0 Å². The van der Waals surface area contributed by atoms with Crippen molar-refractivity contribution in [1.82, 2.24) is 4.98 Å². The van der Waals surface area contributed by atoms with Crippen LogP contribution in [0.1, 0.15) is 16.1 Å². The van der Waals surface area contributed by atoms with Gasteiger partial charge in [-0.3, -0.25) is 0 Å². The minimum atomic E-state index is -0.913. The number of aromatic amines is 1. The molecule has 0 aliphatic rings. The molecule has 0 fully saturated rings. The van der Waals surface area contributed by atoms with Crippen LogP contribution >= 0.6 is 15.9 Å². The lowest BCUT2D eigenvalue weighted by atomic mass is 10.1. The van der Waals surface area contributed by atoms with Crippen molar-refractivity contribution in [3.05, 3.63) is 33.9 Å². The summed E-state index contributed by atoms with van der Waals surface area (Å²) >= 11 is 3.38. The first kappa shape index (κ1) is 9.27. The van der Waals surface area contributed by atoms with Crippen LogP contribution in [0.2, 0.25) is 0 Å². The van der Waals surface area contributed by atoms with Crippen molar-refractivity contribution in [3.63, 3.8) is 0 Å². The van der Waals surface area contributed by atoms with Crippen LogP contribution in [0.4, 0.5) is 0 Å². The molecule has 0 unspecified atom stereocenters. The van der Waals surface area contributed by atoms with Crippen molar-refractivity contribution in [1.29, 1.82) is 0 Å². The maximum absolute atomic E-state index is 10.9. The maximum Gasteiger partial charge on any atom is 0.337 e. The van der Waals surface area contributed by atoms with E-state index in [-0.39, 0.29) is 0 Å². The van der Waals surface area contributed by atoms with Crippen molar-refractivity contribution in [2.45, 2.75) is 6.92 Å². The first-order chi connectivity index (χ1) is 6.59. The predicted molar refractivity (Wildman–Crippen MR) is 57.7 cm³/mol. The van der Waals surface area contributed by atoms with Crippen LogP contribution in [0.25, 0.3) is 10.9 Å². The van der Waals surface area contributed by atoms with Crippen molar-refractivity contribution in [2.75, 3.05) is 0 Å². The van der Waals surface area contributed by atoms with Crippen LogP contribution in [0.15, 0.2) is 22.7 Å². The summed E-state index contributed by atoms with van der Waals surface area (Å²) in [6.45, 7) is 1.90. The van der Waals surface area contributed by atoms with Gasteiger partial charge in [-0.1, -0.05) is 15.9 Å². The van der Waals surface area contributed by atoms with Gasteiger partial charge in [0.25, 0.3) is 0 Å². The molecular weight excluding hydrogens is 246 g/mol. The fourth-order valence-electron chi connectivity index (χ4n) is 1.50. The molecule has 2 rings (SSSR count). The SMILES string of the molecule is Cc1cc2c(Br)ccc(C(=O)O)c2[nH]1. The van der Waals surface area contributed by atoms with Gasteiger partial charge in [0.1, 0.15) is 0 Å². The van der Waals surface area contributed by atoms with Gasteiger partial charge < -0.3 is 10.1 Å². The van der Waals surface area contributed by atoms with E-state index in [9.17, 15) is 4.79 Å². The summed E-state index contributed by atoms with van der Waals surface area (Å²) in [4.78, 5) is 13.9. The van der Waals surface area contributed by atoms with Gasteiger partial charge in [0.2, 0.25) is 0 Å². The number of nitrogens with one attached hydrogen (secondary N) is 1. The van der Waals surface area contributed by atoms with E-state index >= 15 is 0 Å². The smallest absolute Gasteiger partial charge is 0.337 e. The molecule has 0 atom stereocenters. The average Bonchev–Trinajstić information content (AvgIpc) is 2.47. The number of hydrogen-bond acceptors (Lipinski definition) is 1. The second-order valence-corrected chi connectivity index (χ2v) is 4.00. The van der Waals surface area contributed by atoms with Crippen molar-refractivity contribution < 1.29 is 9.90 Å². The number of halogens is 1. The van der Waals surface area contributed by atoms with E-state index in [1.54, 1.807) is 12.1 Å². The first-order valence-corrected chi connectivity index (χ1v) is 4.90. The number of rotatable bonds is 1. The number of carboxylic acid groups (broad SMARTS) is 1. The number of benzene rings is 1. The van der Waals surface area contributed by atoms with Crippen LogP contribution in [-0.4, -0.2) is 16.1 Å². The van der Waals surface area contributed by atoms with Crippen molar-refractivity contribution in [3.8, 4) is 0 Å². The summed E-state index contributed by atoms with van der Waals surface area (Å²) in [6.07, 6.45) is 0. The van der Waals surface area contributed by atoms with Gasteiger partial charge in [-0.2, -0.15) is 0 Å². The Hall–Kier alpha value is -1.29. The summed E-state index contributed by atoms with van der Waals surface area (Å²) in [5.41, 5.74) is 1.93. The normalized spacial score (nSPS) is 10.7. The average molecular weight is 254 g/mol. The zero-order valence-corrected chi connectivity index (χ0v) is 9.05. The zero-order valence-electron chi connectivity index (χ0n) is 7.47. The minimum absolute atomic E-state index is 0.302. The molecule has 0 aliphatic heterocycles. The molecule has 0 spiro atoms. The van der Waals surface area contributed by atoms with E-state index in [4.69, 9.17) is 5.11 Å². The predicted octanol–water partition coefficient (Wildman–Crippen LogP) is 2.94. The number of H-pyrrole nitrogens is 1. The Bertz CT molecular complexity index is 516. The quantitative estimate of drug-likeness (QED) is 0.821. The van der Waals surface area contributed by atoms with Crippen LogP contribution in [0.5, 0.6) is 0 Å². The molecule has 0 saturated carbocycles. The lowest BCUT2D eigenvalue weighted by molar-refractivity contribution is 0.0699. The number of carboxylic acids is 1. The Morgan fingerprint density at radius 2 is 2.21 bits per heavy atom. The molecule has 0 bridgehead atoms. The van der Waals surface area contributed by atoms with Crippen LogP contribution < -0.4 is 0 Å². The van der Waals surface area contributed by atoms with Gasteiger partial charge in [-0.25, -0.2) is 4.79 Å². The fourth-order valence-corrected chi connectivity index (χ4v) is 1.94. The molecule has 0 saturated heterocycles. The number of fused-ring (bicyclic) bond motifs is 1. The van der Waals surface area contributed by atoms with E-state index in [0.29, 0.717) is 11.1 Å². The highest BCUT2D eigenvalue weighted by Gasteiger charge is 2.11. The van der Waals surface area contributed by atoms with Crippen LogP contribution in [-0.2, 0) is 0 Å². The Balaban J connectivity index is 2.87. The molecule has 1 heterocycles. The number of aryl methyl sites for hydroxylation is 1. The number of carbonyl (C=O) groups is 1. The summed E-state index contributed by atoms with van der Waals surface area (Å²) in [7, 11) is 0. The third kappa shape index (κ3) is 1.32. The van der Waals surface area contributed by atoms with Gasteiger partial charge in [-0.05, 0) is 25.1 Å². The van der Waals surface area contributed by atoms with E-state index in [2.05, 4.69) is 20.9 Å². The summed E-state index contributed by atoms with van der Waals surface area (Å²) in [5, 5.41) is 9.85. The van der Waals surface area contributed by atoms with Gasteiger partial charge >= 0.3 is 5.97 Å². The van der Waals surface area contributed by atoms with Crippen molar-refractivity contribution >= 4 is 32.8 Å². The van der Waals surface area contributed by atoms with Crippen molar-refractivity contribution in [2.24, 2.45) is 0 Å². The highest BCUT2D eigenvalue weighted by atomic mass is 79.9. The molecule has 0 radical (unpaired) electrons. The first-order valence-electron chi connectivity index (χ1n) is 4.10. The molecule has 14 heavy (non-hydrogen) atoms. The van der Waals surface area contributed by atoms with Crippen LogP contribution in [0.3, 0.4) is 0 Å². The Morgan fingerprint density at radius 3 is 2.86 bits per heavy atom. The molecule has 72 valence electrons. The number of aromatic nitrogens is 1. The lowest BCUT2D eigenvalue weighted by Gasteiger charge is -1.98. The molecule has 0 amide bonds. The van der Waals surface area contributed by atoms with E-state index in [1.165, 1.54) is 0 Å².